The molecular formula is C13H16N4O2. The number of amides is 2. The van der Waals surface area contributed by atoms with Crippen molar-refractivity contribution in [3.63, 3.8) is 0 Å². The molecule has 0 aliphatic carbocycles. The molecule has 2 rings (SSSR count). The second-order valence-electron chi connectivity index (χ2n) is 4.30. The molecule has 0 saturated heterocycles. The number of nitrogens with zero attached hydrogens (tertiary/aromatic N) is 2. The fourth-order valence-corrected chi connectivity index (χ4v) is 1.74. The number of anilines is 1. The Morgan fingerprint density at radius 3 is 2.58 bits per heavy atom. The maximum atomic E-state index is 11.9. The maximum Gasteiger partial charge on any atom is 0.319 e. The molecule has 100 valence electrons. The Morgan fingerprint density at radius 2 is 2.00 bits per heavy atom. The van der Waals surface area contributed by atoms with Crippen LogP contribution in [0, 0.1) is 13.8 Å². The van der Waals surface area contributed by atoms with E-state index < -0.39 is 0 Å². The van der Waals surface area contributed by atoms with Gasteiger partial charge in [0.1, 0.15) is 11.4 Å². The van der Waals surface area contributed by atoms with Crippen molar-refractivity contribution in [3.8, 4) is 0 Å². The summed E-state index contributed by atoms with van der Waals surface area (Å²) < 4.78 is 4.99. The Kier molecular flexibility index (Phi) is 3.79. The number of nitrogens with one attached hydrogen (secondary N) is 2. The summed E-state index contributed by atoms with van der Waals surface area (Å²) in [4.78, 5) is 15.8. The number of aromatic nitrogens is 2. The molecule has 0 aliphatic rings. The lowest BCUT2D eigenvalue weighted by Gasteiger charge is -2.14. The van der Waals surface area contributed by atoms with Gasteiger partial charge in [-0.1, -0.05) is 5.16 Å². The molecule has 0 saturated carbocycles. The quantitative estimate of drug-likeness (QED) is 0.888. The van der Waals surface area contributed by atoms with Crippen molar-refractivity contribution in [3.05, 3.63) is 41.5 Å². The zero-order chi connectivity index (χ0) is 13.8. The lowest BCUT2D eigenvalue weighted by atomic mass is 10.1. The van der Waals surface area contributed by atoms with Crippen molar-refractivity contribution in [2.24, 2.45) is 0 Å². The minimum Gasteiger partial charge on any atom is -0.359 e. The van der Waals surface area contributed by atoms with Gasteiger partial charge in [0.25, 0.3) is 0 Å². The minimum absolute atomic E-state index is 0.108. The van der Waals surface area contributed by atoms with Crippen molar-refractivity contribution in [1.82, 2.24) is 15.5 Å². The third-order valence-corrected chi connectivity index (χ3v) is 2.83. The van der Waals surface area contributed by atoms with Crippen molar-refractivity contribution >= 4 is 11.7 Å². The first-order valence-corrected chi connectivity index (χ1v) is 5.98. The van der Waals surface area contributed by atoms with Crippen LogP contribution >= 0.6 is 0 Å². The van der Waals surface area contributed by atoms with Crippen LogP contribution in [0.3, 0.4) is 0 Å². The summed E-state index contributed by atoms with van der Waals surface area (Å²) in [7, 11) is 0. The largest absolute Gasteiger partial charge is 0.359 e. The number of rotatable bonds is 3. The SMILES string of the molecule is Cc1noc(C)c1NC(=O)NC(C)c1ccncc1. The minimum atomic E-state index is -0.293. The van der Waals surface area contributed by atoms with Crippen molar-refractivity contribution < 1.29 is 9.32 Å². The van der Waals surface area contributed by atoms with Gasteiger partial charge in [-0.25, -0.2) is 4.79 Å². The highest BCUT2D eigenvalue weighted by atomic mass is 16.5. The van der Waals surface area contributed by atoms with E-state index in [9.17, 15) is 4.79 Å². The molecule has 2 aromatic heterocycles. The second kappa shape index (κ2) is 5.51. The molecule has 6 nitrogen and oxygen atoms in total. The second-order valence-corrected chi connectivity index (χ2v) is 4.30. The van der Waals surface area contributed by atoms with E-state index >= 15 is 0 Å². The number of pyridine rings is 1. The van der Waals surface area contributed by atoms with Crippen LogP contribution in [0.5, 0.6) is 0 Å². The summed E-state index contributed by atoms with van der Waals surface area (Å²) in [6, 6.07) is 3.32. The molecule has 0 aliphatic heterocycles. The molecule has 0 fully saturated rings. The molecule has 0 radical (unpaired) electrons. The van der Waals surface area contributed by atoms with Gasteiger partial charge in [0.15, 0.2) is 5.76 Å². The molecule has 0 bridgehead atoms. The van der Waals surface area contributed by atoms with Gasteiger partial charge in [-0.3, -0.25) is 4.98 Å². The highest BCUT2D eigenvalue weighted by Crippen LogP contribution is 2.19. The predicted octanol–water partition coefficient (Wildman–Crippen LogP) is 2.57. The zero-order valence-electron chi connectivity index (χ0n) is 11.1. The van der Waals surface area contributed by atoms with Crippen LogP contribution in [0.25, 0.3) is 0 Å². The van der Waals surface area contributed by atoms with Gasteiger partial charge in [0.05, 0.1) is 6.04 Å². The van der Waals surface area contributed by atoms with E-state index in [1.165, 1.54) is 0 Å². The molecular weight excluding hydrogens is 244 g/mol. The fraction of sp³-hybridized carbons (Fsp3) is 0.308. The van der Waals surface area contributed by atoms with Crippen molar-refractivity contribution in [1.29, 1.82) is 0 Å². The number of carbonyl (C=O) groups is 1. The first kappa shape index (κ1) is 13.1. The van der Waals surface area contributed by atoms with Crippen LogP contribution in [0.15, 0.2) is 29.0 Å². The normalized spacial score (nSPS) is 11.9. The smallest absolute Gasteiger partial charge is 0.319 e. The van der Waals surface area contributed by atoms with Crippen molar-refractivity contribution in [2.45, 2.75) is 26.8 Å². The van der Waals surface area contributed by atoms with Crippen LogP contribution in [-0.4, -0.2) is 16.2 Å². The van der Waals surface area contributed by atoms with Gasteiger partial charge in [-0.15, -0.1) is 0 Å². The van der Waals surface area contributed by atoms with Crippen LogP contribution in [-0.2, 0) is 0 Å². The summed E-state index contributed by atoms with van der Waals surface area (Å²) in [5, 5.41) is 9.36. The third kappa shape index (κ3) is 3.09. The third-order valence-electron chi connectivity index (χ3n) is 2.83. The number of hydrogen-bond donors (Lipinski definition) is 2. The van der Waals surface area contributed by atoms with E-state index in [1.54, 1.807) is 26.2 Å². The molecule has 19 heavy (non-hydrogen) atoms. The van der Waals surface area contributed by atoms with Crippen LogP contribution in [0.1, 0.15) is 30.0 Å². The topological polar surface area (TPSA) is 80.0 Å². The summed E-state index contributed by atoms with van der Waals surface area (Å²) >= 11 is 0. The van der Waals surface area contributed by atoms with Gasteiger partial charge in [0.2, 0.25) is 0 Å². The van der Waals surface area contributed by atoms with E-state index in [4.69, 9.17) is 4.52 Å². The van der Waals surface area contributed by atoms with Gasteiger partial charge < -0.3 is 15.2 Å². The van der Waals surface area contributed by atoms with E-state index in [-0.39, 0.29) is 12.1 Å². The molecule has 2 aromatic rings. The Bertz CT molecular complexity index is 546. The molecule has 2 N–H and O–H groups in total. The standard InChI is InChI=1S/C13H16N4O2/c1-8(11-4-6-14-7-5-11)15-13(18)16-12-9(2)17-19-10(12)3/h4-8H,1-3H3,(H2,15,16,18). The van der Waals surface area contributed by atoms with Gasteiger partial charge >= 0.3 is 6.03 Å². The fourth-order valence-electron chi connectivity index (χ4n) is 1.74. The summed E-state index contributed by atoms with van der Waals surface area (Å²) in [6.07, 6.45) is 3.39. The maximum absolute atomic E-state index is 11.9. The van der Waals surface area contributed by atoms with E-state index in [0.717, 1.165) is 5.56 Å². The van der Waals surface area contributed by atoms with E-state index in [0.29, 0.717) is 17.1 Å². The van der Waals surface area contributed by atoms with E-state index in [1.807, 2.05) is 19.1 Å². The van der Waals surface area contributed by atoms with E-state index in [2.05, 4.69) is 20.8 Å². The molecule has 0 spiro atoms. The monoisotopic (exact) mass is 260 g/mol. The molecule has 0 aromatic carbocycles. The highest BCUT2D eigenvalue weighted by Gasteiger charge is 2.14. The molecule has 6 heteroatoms. The van der Waals surface area contributed by atoms with Crippen LogP contribution < -0.4 is 10.6 Å². The Hall–Kier alpha value is -2.37. The summed E-state index contributed by atoms with van der Waals surface area (Å²) in [6.45, 7) is 5.43. The average Bonchev–Trinajstić information content (AvgIpc) is 2.71. The molecule has 1 unspecified atom stereocenters. The van der Waals surface area contributed by atoms with Crippen LogP contribution in [0.2, 0.25) is 0 Å². The van der Waals surface area contributed by atoms with Crippen LogP contribution in [0.4, 0.5) is 10.5 Å². The Labute approximate surface area is 111 Å². The number of carbonyl (C=O) groups excluding carboxylic acids is 1. The first-order chi connectivity index (χ1) is 9.08. The van der Waals surface area contributed by atoms with Crippen molar-refractivity contribution in [2.75, 3.05) is 5.32 Å². The lowest BCUT2D eigenvalue weighted by Crippen LogP contribution is -2.31. The summed E-state index contributed by atoms with van der Waals surface area (Å²) in [5.74, 6) is 0.587. The zero-order valence-corrected chi connectivity index (χ0v) is 11.1. The number of aryl methyl sites for hydroxylation is 2. The van der Waals surface area contributed by atoms with Gasteiger partial charge in [-0.05, 0) is 38.5 Å². The highest BCUT2D eigenvalue weighted by molar-refractivity contribution is 5.90. The van der Waals surface area contributed by atoms with Gasteiger partial charge in [0, 0.05) is 12.4 Å². The number of urea groups is 1. The molecule has 2 heterocycles. The molecule has 2 amide bonds. The average molecular weight is 260 g/mol. The Morgan fingerprint density at radius 1 is 1.32 bits per heavy atom. The predicted molar refractivity (Wildman–Crippen MR) is 70.8 cm³/mol. The number of hydrogen-bond acceptors (Lipinski definition) is 4. The Balaban J connectivity index is 1.99. The summed E-state index contributed by atoms with van der Waals surface area (Å²) in [5.41, 5.74) is 2.26. The lowest BCUT2D eigenvalue weighted by molar-refractivity contribution is 0.249. The van der Waals surface area contributed by atoms with Gasteiger partial charge in [-0.2, -0.15) is 0 Å². The first-order valence-electron chi connectivity index (χ1n) is 5.98. The molecule has 1 atom stereocenters.